The number of rotatable bonds is 7. The summed E-state index contributed by atoms with van der Waals surface area (Å²) >= 11 is 0. The van der Waals surface area contributed by atoms with Crippen LogP contribution in [-0.2, 0) is 0 Å². The molecule has 80 valence electrons. The van der Waals surface area contributed by atoms with Crippen molar-refractivity contribution in [1.82, 2.24) is 0 Å². The van der Waals surface area contributed by atoms with Gasteiger partial charge in [-0.25, -0.2) is 0 Å². The van der Waals surface area contributed by atoms with Crippen LogP contribution in [0.5, 0.6) is 0 Å². The molecular weight excluding hydrogens is 164 g/mol. The largest absolute Gasteiger partial charge is 0.393 e. The smallest absolute Gasteiger partial charge is 0.0592 e. The Bertz CT molecular complexity index is 107. The molecule has 2 nitrogen and oxygen atoms in total. The summed E-state index contributed by atoms with van der Waals surface area (Å²) in [6.07, 6.45) is 4.18. The fraction of sp³-hybridized carbons (Fsp3) is 1.00. The number of hydrogen-bond acceptors (Lipinski definition) is 2. The summed E-state index contributed by atoms with van der Waals surface area (Å²) in [6, 6.07) is 0. The molecule has 0 rings (SSSR count). The molecular formula is C11H24O2. The normalized spacial score (nSPS) is 16.2. The Balaban J connectivity index is 3.86. The Morgan fingerprint density at radius 1 is 1.00 bits per heavy atom. The van der Waals surface area contributed by atoms with E-state index >= 15 is 0 Å². The molecule has 0 aromatic rings. The van der Waals surface area contributed by atoms with Crippen LogP contribution in [0.1, 0.15) is 52.9 Å². The second-order valence-corrected chi connectivity index (χ2v) is 3.99. The Morgan fingerprint density at radius 2 is 1.46 bits per heavy atom. The molecule has 0 aliphatic carbocycles. The van der Waals surface area contributed by atoms with Gasteiger partial charge in [-0.05, 0) is 32.1 Å². The maximum absolute atomic E-state index is 9.78. The summed E-state index contributed by atoms with van der Waals surface area (Å²) in [7, 11) is 0. The molecule has 0 saturated carbocycles. The fourth-order valence-corrected chi connectivity index (χ4v) is 1.81. The summed E-state index contributed by atoms with van der Waals surface area (Å²) in [4.78, 5) is 0. The van der Waals surface area contributed by atoms with E-state index in [2.05, 4.69) is 13.8 Å². The Hall–Kier alpha value is -0.0800. The van der Waals surface area contributed by atoms with Crippen LogP contribution in [-0.4, -0.2) is 22.4 Å². The van der Waals surface area contributed by atoms with E-state index in [1.54, 1.807) is 6.92 Å². The molecule has 0 radical (unpaired) electrons. The predicted molar refractivity (Wildman–Crippen MR) is 55.6 cm³/mol. The minimum atomic E-state index is -0.383. The highest BCUT2D eigenvalue weighted by molar-refractivity contribution is 4.70. The lowest BCUT2D eigenvalue weighted by atomic mass is 9.89. The van der Waals surface area contributed by atoms with Gasteiger partial charge in [0.05, 0.1) is 12.2 Å². The van der Waals surface area contributed by atoms with Crippen LogP contribution in [0.15, 0.2) is 0 Å². The zero-order chi connectivity index (χ0) is 10.3. The summed E-state index contributed by atoms with van der Waals surface area (Å²) in [6.45, 7) is 6.01. The Morgan fingerprint density at radius 3 is 1.77 bits per heavy atom. The van der Waals surface area contributed by atoms with E-state index in [4.69, 9.17) is 5.11 Å². The first kappa shape index (κ1) is 12.9. The zero-order valence-electron chi connectivity index (χ0n) is 9.16. The van der Waals surface area contributed by atoms with Crippen molar-refractivity contribution in [1.29, 1.82) is 0 Å². The van der Waals surface area contributed by atoms with Gasteiger partial charge in [-0.2, -0.15) is 0 Å². The van der Waals surface area contributed by atoms with E-state index < -0.39 is 0 Å². The van der Waals surface area contributed by atoms with E-state index in [1.807, 2.05) is 0 Å². The van der Waals surface area contributed by atoms with Crippen LogP contribution in [0.2, 0.25) is 0 Å². The van der Waals surface area contributed by atoms with Crippen LogP contribution in [0.4, 0.5) is 0 Å². The molecule has 0 heterocycles. The first-order chi connectivity index (χ1) is 6.11. The molecule has 13 heavy (non-hydrogen) atoms. The van der Waals surface area contributed by atoms with Crippen molar-refractivity contribution in [3.8, 4) is 0 Å². The second kappa shape index (κ2) is 7.34. The molecule has 0 bridgehead atoms. The van der Waals surface area contributed by atoms with Crippen LogP contribution < -0.4 is 0 Å². The van der Waals surface area contributed by atoms with Crippen molar-refractivity contribution in [3.63, 3.8) is 0 Å². The molecule has 0 amide bonds. The molecule has 2 atom stereocenters. The van der Waals surface area contributed by atoms with Gasteiger partial charge < -0.3 is 10.2 Å². The third kappa shape index (κ3) is 6.05. The van der Waals surface area contributed by atoms with E-state index in [0.29, 0.717) is 12.3 Å². The van der Waals surface area contributed by atoms with E-state index in [1.165, 1.54) is 0 Å². The highest BCUT2D eigenvalue weighted by atomic mass is 16.3. The summed E-state index contributed by atoms with van der Waals surface area (Å²) < 4.78 is 0. The molecule has 2 N–H and O–H groups in total. The van der Waals surface area contributed by atoms with E-state index in [0.717, 1.165) is 25.7 Å². The maximum atomic E-state index is 9.78. The molecule has 0 aliphatic rings. The Labute approximate surface area is 82.0 Å². The SMILES string of the molecule is CCCC(CCC)C(O)CC(C)O. The van der Waals surface area contributed by atoms with Gasteiger partial charge >= 0.3 is 0 Å². The standard InChI is InChI=1S/C11H24O2/c1-4-6-10(7-5-2)11(13)8-9(3)12/h9-13H,4-8H2,1-3H3. The average Bonchev–Trinajstić information content (AvgIpc) is 2.02. The second-order valence-electron chi connectivity index (χ2n) is 3.99. The molecule has 0 spiro atoms. The molecule has 0 aliphatic heterocycles. The lowest BCUT2D eigenvalue weighted by Crippen LogP contribution is -2.24. The average molecular weight is 188 g/mol. The first-order valence-electron chi connectivity index (χ1n) is 5.47. The minimum Gasteiger partial charge on any atom is -0.393 e. The predicted octanol–water partition coefficient (Wildman–Crippen LogP) is 2.33. The minimum absolute atomic E-state index is 0.320. The lowest BCUT2D eigenvalue weighted by Gasteiger charge is -2.23. The lowest BCUT2D eigenvalue weighted by molar-refractivity contribution is 0.0435. The number of aliphatic hydroxyl groups excluding tert-OH is 2. The molecule has 2 heteroatoms. The number of hydrogen-bond donors (Lipinski definition) is 2. The summed E-state index contributed by atoms with van der Waals surface area (Å²) in [5.41, 5.74) is 0. The van der Waals surface area contributed by atoms with Crippen LogP contribution in [0, 0.1) is 5.92 Å². The zero-order valence-corrected chi connectivity index (χ0v) is 9.16. The molecule has 2 unspecified atom stereocenters. The van der Waals surface area contributed by atoms with Crippen molar-refractivity contribution in [3.05, 3.63) is 0 Å². The van der Waals surface area contributed by atoms with Gasteiger partial charge in [-0.1, -0.05) is 26.7 Å². The van der Waals surface area contributed by atoms with Crippen molar-refractivity contribution < 1.29 is 10.2 Å². The topological polar surface area (TPSA) is 40.5 Å². The van der Waals surface area contributed by atoms with Crippen molar-refractivity contribution in [2.45, 2.75) is 65.1 Å². The van der Waals surface area contributed by atoms with Crippen LogP contribution in [0.3, 0.4) is 0 Å². The third-order valence-corrected chi connectivity index (χ3v) is 2.45. The van der Waals surface area contributed by atoms with Crippen molar-refractivity contribution in [2.24, 2.45) is 5.92 Å². The van der Waals surface area contributed by atoms with Gasteiger partial charge in [-0.3, -0.25) is 0 Å². The van der Waals surface area contributed by atoms with Crippen LogP contribution >= 0.6 is 0 Å². The monoisotopic (exact) mass is 188 g/mol. The summed E-state index contributed by atoms with van der Waals surface area (Å²) in [5, 5.41) is 18.9. The maximum Gasteiger partial charge on any atom is 0.0592 e. The van der Waals surface area contributed by atoms with Crippen molar-refractivity contribution in [2.75, 3.05) is 0 Å². The first-order valence-corrected chi connectivity index (χ1v) is 5.47. The molecule has 0 fully saturated rings. The quantitative estimate of drug-likeness (QED) is 0.644. The molecule has 0 saturated heterocycles. The van der Waals surface area contributed by atoms with Gasteiger partial charge in [0.2, 0.25) is 0 Å². The van der Waals surface area contributed by atoms with Gasteiger partial charge in [0.1, 0.15) is 0 Å². The van der Waals surface area contributed by atoms with E-state index in [9.17, 15) is 5.11 Å². The van der Waals surface area contributed by atoms with Gasteiger partial charge in [0.25, 0.3) is 0 Å². The van der Waals surface area contributed by atoms with Crippen LogP contribution in [0.25, 0.3) is 0 Å². The molecule has 0 aromatic carbocycles. The summed E-state index contributed by atoms with van der Waals surface area (Å²) in [5.74, 6) is 0.379. The highest BCUT2D eigenvalue weighted by Crippen LogP contribution is 2.20. The fourth-order valence-electron chi connectivity index (χ4n) is 1.81. The van der Waals surface area contributed by atoms with Gasteiger partial charge in [0, 0.05) is 0 Å². The van der Waals surface area contributed by atoms with E-state index in [-0.39, 0.29) is 12.2 Å². The molecule has 0 aromatic heterocycles. The number of aliphatic hydroxyl groups is 2. The Kier molecular flexibility index (Phi) is 7.29. The van der Waals surface area contributed by atoms with Crippen molar-refractivity contribution >= 4 is 0 Å². The van der Waals surface area contributed by atoms with Gasteiger partial charge in [-0.15, -0.1) is 0 Å². The third-order valence-electron chi connectivity index (χ3n) is 2.45. The van der Waals surface area contributed by atoms with Gasteiger partial charge in [0.15, 0.2) is 0 Å². The highest BCUT2D eigenvalue weighted by Gasteiger charge is 2.18.